The molecule has 0 saturated heterocycles. The van der Waals surface area contributed by atoms with E-state index in [0.29, 0.717) is 18.0 Å². The fourth-order valence-corrected chi connectivity index (χ4v) is 4.17. The Kier molecular flexibility index (Phi) is 7.73. The Balaban J connectivity index is 1.66. The third-order valence-corrected chi connectivity index (χ3v) is 5.79. The highest BCUT2D eigenvalue weighted by Crippen LogP contribution is 2.35. The maximum absolute atomic E-state index is 12.9. The third kappa shape index (κ3) is 6.57. The molecule has 1 saturated carbocycles. The molecule has 1 amide bonds. The molecule has 9 heteroatoms. The van der Waals surface area contributed by atoms with Gasteiger partial charge in [0.2, 0.25) is 0 Å². The summed E-state index contributed by atoms with van der Waals surface area (Å²) in [5.41, 5.74) is 1.87. The first kappa shape index (κ1) is 24.3. The third-order valence-electron chi connectivity index (χ3n) is 5.79. The second-order valence-corrected chi connectivity index (χ2v) is 8.19. The molecule has 176 valence electrons. The van der Waals surface area contributed by atoms with Crippen LogP contribution in [-0.2, 0) is 0 Å². The molecule has 6 nitrogen and oxygen atoms in total. The van der Waals surface area contributed by atoms with Crippen LogP contribution in [0.15, 0.2) is 42.5 Å². The molecule has 1 aliphatic rings. The van der Waals surface area contributed by atoms with Crippen LogP contribution in [0.2, 0.25) is 0 Å². The van der Waals surface area contributed by atoms with Crippen LogP contribution in [0.4, 0.5) is 13.2 Å². The maximum atomic E-state index is 12.9. The van der Waals surface area contributed by atoms with Gasteiger partial charge in [-0.1, -0.05) is 12.1 Å². The molecule has 4 N–H and O–H groups in total. The summed E-state index contributed by atoms with van der Waals surface area (Å²) in [6.07, 6.45) is 2.93. The van der Waals surface area contributed by atoms with Crippen molar-refractivity contribution >= 4 is 17.8 Å². The van der Waals surface area contributed by atoms with Gasteiger partial charge in [0.1, 0.15) is 5.75 Å². The van der Waals surface area contributed by atoms with E-state index in [-0.39, 0.29) is 40.3 Å². The van der Waals surface area contributed by atoms with Crippen LogP contribution in [0.5, 0.6) is 5.75 Å². The first-order valence-electron chi connectivity index (χ1n) is 10.8. The van der Waals surface area contributed by atoms with E-state index >= 15 is 0 Å². The second kappa shape index (κ2) is 10.5. The predicted octanol–water partition coefficient (Wildman–Crippen LogP) is 5.65. The van der Waals surface area contributed by atoms with Crippen molar-refractivity contribution < 1.29 is 22.7 Å². The number of allylic oxidation sites excluding steroid dienone is 2. The first-order chi connectivity index (χ1) is 15.7. The van der Waals surface area contributed by atoms with Crippen LogP contribution in [0.1, 0.15) is 41.7 Å². The van der Waals surface area contributed by atoms with E-state index in [1.165, 1.54) is 18.2 Å². The van der Waals surface area contributed by atoms with Gasteiger partial charge in [-0.05, 0) is 68.9 Å². The van der Waals surface area contributed by atoms with E-state index in [1.54, 1.807) is 31.2 Å². The summed E-state index contributed by atoms with van der Waals surface area (Å²) in [4.78, 5) is 15.9. The normalized spacial score (nSPS) is 18.8. The standard InChI is InChI=1S/C24H27F3N4O2/c1-15-13-19(22(31-15)18-5-2-3-7-21(18)33-24(25,26)27)23(32)30-14-16-8-10-17(11-9-16)20(29)6-4-12-28/h2-7,12-13,16-17,28-29,31H,8-11,14H2,1H3,(H,30,32)/b6-4-,28-12?,29-20?. The van der Waals surface area contributed by atoms with Crippen molar-refractivity contribution in [1.82, 2.24) is 10.3 Å². The summed E-state index contributed by atoms with van der Waals surface area (Å²) in [6, 6.07) is 7.34. The molecule has 1 aromatic carbocycles. The number of benzene rings is 1. The molecule has 33 heavy (non-hydrogen) atoms. The van der Waals surface area contributed by atoms with Crippen molar-refractivity contribution in [3.63, 3.8) is 0 Å². The number of nitrogens with one attached hydrogen (secondary N) is 4. The van der Waals surface area contributed by atoms with Crippen molar-refractivity contribution in [3.8, 4) is 17.0 Å². The summed E-state index contributed by atoms with van der Waals surface area (Å²) in [6.45, 7) is 2.19. The Labute approximate surface area is 190 Å². The highest BCUT2D eigenvalue weighted by Gasteiger charge is 2.33. The number of aromatic nitrogens is 1. The minimum atomic E-state index is -4.84. The Morgan fingerprint density at radius 1 is 1.24 bits per heavy atom. The van der Waals surface area contributed by atoms with Gasteiger partial charge in [-0.25, -0.2) is 0 Å². The van der Waals surface area contributed by atoms with Gasteiger partial charge in [0, 0.05) is 35.6 Å². The van der Waals surface area contributed by atoms with Crippen LogP contribution in [0.3, 0.4) is 0 Å². The minimum Gasteiger partial charge on any atom is -0.405 e. The quantitative estimate of drug-likeness (QED) is 0.383. The molecule has 0 spiro atoms. The van der Waals surface area contributed by atoms with Gasteiger partial charge in [0.25, 0.3) is 5.91 Å². The van der Waals surface area contributed by atoms with Gasteiger partial charge in [-0.15, -0.1) is 13.2 Å². The van der Waals surface area contributed by atoms with Crippen molar-refractivity contribution in [2.45, 2.75) is 39.0 Å². The average Bonchev–Trinajstić information content (AvgIpc) is 3.17. The number of H-pyrrole nitrogens is 1. The molecule has 1 heterocycles. The second-order valence-electron chi connectivity index (χ2n) is 8.19. The first-order valence-corrected chi connectivity index (χ1v) is 10.8. The van der Waals surface area contributed by atoms with Gasteiger partial charge < -0.3 is 25.9 Å². The number of rotatable bonds is 8. The molecule has 0 bridgehead atoms. The molecule has 0 radical (unpaired) electrons. The lowest BCUT2D eigenvalue weighted by Gasteiger charge is -2.28. The lowest BCUT2D eigenvalue weighted by molar-refractivity contribution is -0.274. The van der Waals surface area contributed by atoms with Crippen molar-refractivity contribution in [1.29, 1.82) is 10.8 Å². The summed E-state index contributed by atoms with van der Waals surface area (Å²) < 4.78 is 42.6. The SMILES string of the molecule is Cc1cc(C(=O)NCC2CCC(C(=N)/C=C\C=N)CC2)c(-c2ccccc2OC(F)(F)F)[nH]1. The monoisotopic (exact) mass is 460 g/mol. The van der Waals surface area contributed by atoms with E-state index in [0.717, 1.165) is 31.9 Å². The summed E-state index contributed by atoms with van der Waals surface area (Å²) >= 11 is 0. The fraction of sp³-hybridized carbons (Fsp3) is 0.375. The molecule has 3 rings (SSSR count). The summed E-state index contributed by atoms with van der Waals surface area (Å²) in [5, 5.41) is 18.0. The largest absolute Gasteiger partial charge is 0.573 e. The molecule has 1 fully saturated rings. The maximum Gasteiger partial charge on any atom is 0.573 e. The van der Waals surface area contributed by atoms with Crippen LogP contribution in [0, 0.1) is 29.6 Å². The Hall–Kier alpha value is -3.36. The Bertz CT molecular complexity index is 1030. The topological polar surface area (TPSA) is 102 Å². The molecule has 1 aromatic heterocycles. The van der Waals surface area contributed by atoms with Gasteiger partial charge in [0.15, 0.2) is 0 Å². The zero-order chi connectivity index (χ0) is 24.0. The fourth-order valence-electron chi connectivity index (χ4n) is 4.17. The minimum absolute atomic E-state index is 0.157. The van der Waals surface area contributed by atoms with E-state index < -0.39 is 6.36 Å². The van der Waals surface area contributed by atoms with Gasteiger partial charge in [0.05, 0.1) is 11.3 Å². The molecule has 0 unspecified atom stereocenters. The number of alkyl halides is 3. The number of para-hydroxylation sites is 1. The summed E-state index contributed by atoms with van der Waals surface area (Å²) in [7, 11) is 0. The zero-order valence-electron chi connectivity index (χ0n) is 18.3. The number of aryl methyl sites for hydroxylation is 1. The van der Waals surface area contributed by atoms with Crippen LogP contribution >= 0.6 is 0 Å². The smallest absolute Gasteiger partial charge is 0.405 e. The van der Waals surface area contributed by atoms with Crippen LogP contribution < -0.4 is 10.1 Å². The number of aromatic amines is 1. The molecular formula is C24H27F3N4O2. The number of halogens is 3. The number of amides is 1. The van der Waals surface area contributed by atoms with Crippen LogP contribution in [0.25, 0.3) is 11.3 Å². The Morgan fingerprint density at radius 2 is 1.94 bits per heavy atom. The lowest BCUT2D eigenvalue weighted by atomic mass is 9.79. The van der Waals surface area contributed by atoms with E-state index in [4.69, 9.17) is 10.8 Å². The van der Waals surface area contributed by atoms with Crippen molar-refractivity contribution in [2.75, 3.05) is 6.54 Å². The van der Waals surface area contributed by atoms with Gasteiger partial charge in [-0.3, -0.25) is 4.79 Å². The molecule has 0 atom stereocenters. The van der Waals surface area contributed by atoms with Gasteiger partial charge >= 0.3 is 6.36 Å². The van der Waals surface area contributed by atoms with Crippen molar-refractivity contribution in [3.05, 3.63) is 53.7 Å². The van der Waals surface area contributed by atoms with Crippen LogP contribution in [-0.4, -0.2) is 35.7 Å². The van der Waals surface area contributed by atoms with E-state index in [1.807, 2.05) is 0 Å². The number of carbonyl (C=O) groups is 1. The highest BCUT2D eigenvalue weighted by atomic mass is 19.4. The molecule has 1 aliphatic carbocycles. The van der Waals surface area contributed by atoms with E-state index in [2.05, 4.69) is 15.0 Å². The Morgan fingerprint density at radius 3 is 2.61 bits per heavy atom. The van der Waals surface area contributed by atoms with Crippen molar-refractivity contribution in [2.24, 2.45) is 11.8 Å². The number of carbonyl (C=O) groups excluding carboxylic acids is 1. The number of ether oxygens (including phenoxy) is 1. The highest BCUT2D eigenvalue weighted by molar-refractivity contribution is 6.01. The lowest BCUT2D eigenvalue weighted by Crippen LogP contribution is -2.32. The molecular weight excluding hydrogens is 433 g/mol. The number of hydrogen-bond acceptors (Lipinski definition) is 4. The predicted molar refractivity (Wildman–Crippen MR) is 121 cm³/mol. The summed E-state index contributed by atoms with van der Waals surface area (Å²) in [5.74, 6) is -0.301. The number of hydrogen-bond donors (Lipinski definition) is 4. The molecule has 0 aliphatic heterocycles. The molecule has 2 aromatic rings. The average molecular weight is 461 g/mol. The van der Waals surface area contributed by atoms with E-state index in [9.17, 15) is 18.0 Å². The van der Waals surface area contributed by atoms with Gasteiger partial charge in [-0.2, -0.15) is 0 Å². The zero-order valence-corrected chi connectivity index (χ0v) is 18.3.